The van der Waals surface area contributed by atoms with Crippen molar-refractivity contribution in [3.05, 3.63) is 54.1 Å². The van der Waals surface area contributed by atoms with Crippen LogP contribution in [-0.2, 0) is 10.3 Å². The van der Waals surface area contributed by atoms with Gasteiger partial charge in [0, 0.05) is 37.3 Å². The van der Waals surface area contributed by atoms with E-state index in [0.717, 1.165) is 36.8 Å². The van der Waals surface area contributed by atoms with Crippen molar-refractivity contribution < 1.29 is 4.74 Å². The quantitative estimate of drug-likeness (QED) is 0.813. The zero-order valence-electron chi connectivity index (χ0n) is 16.3. The summed E-state index contributed by atoms with van der Waals surface area (Å²) in [5.41, 5.74) is 2.32. The summed E-state index contributed by atoms with van der Waals surface area (Å²) in [5, 5.41) is 4.31. The predicted octanol–water partition coefficient (Wildman–Crippen LogP) is 3.79. The molecule has 6 heteroatoms. The van der Waals surface area contributed by atoms with E-state index in [9.17, 15) is 0 Å². The Kier molecular flexibility index (Phi) is 4.95. The minimum Gasteiger partial charge on any atom is -0.376 e. The molecule has 0 aromatic carbocycles. The van der Waals surface area contributed by atoms with Crippen LogP contribution in [0.5, 0.6) is 0 Å². The Labute approximate surface area is 166 Å². The van der Waals surface area contributed by atoms with Gasteiger partial charge in [-0.1, -0.05) is 6.07 Å². The first-order valence-electron chi connectivity index (χ1n) is 9.71. The lowest BCUT2D eigenvalue weighted by Crippen LogP contribution is -2.36. The molecule has 5 nitrogen and oxygen atoms in total. The van der Waals surface area contributed by atoms with Crippen LogP contribution in [-0.4, -0.2) is 38.8 Å². The van der Waals surface area contributed by atoms with E-state index in [1.54, 1.807) is 0 Å². The lowest BCUT2D eigenvalue weighted by Gasteiger charge is -2.29. The normalized spacial score (nSPS) is 25.8. The van der Waals surface area contributed by atoms with E-state index >= 15 is 0 Å². The van der Waals surface area contributed by atoms with Crippen molar-refractivity contribution in [2.45, 2.75) is 57.3 Å². The highest BCUT2D eigenvalue weighted by atomic mass is 32.1. The summed E-state index contributed by atoms with van der Waals surface area (Å²) < 4.78 is 8.17. The molecule has 0 aliphatic carbocycles. The molecule has 0 bridgehead atoms. The average Bonchev–Trinajstić information content (AvgIpc) is 3.37. The van der Waals surface area contributed by atoms with Gasteiger partial charge in [-0.15, -0.1) is 0 Å². The number of hydrogen-bond acceptors (Lipinski definition) is 3. The maximum Gasteiger partial charge on any atom is 0.170 e. The van der Waals surface area contributed by atoms with Crippen LogP contribution in [0.4, 0.5) is 0 Å². The van der Waals surface area contributed by atoms with Crippen molar-refractivity contribution in [3.8, 4) is 0 Å². The zero-order chi connectivity index (χ0) is 19.0. The molecule has 2 saturated heterocycles. The smallest absolute Gasteiger partial charge is 0.170 e. The minimum atomic E-state index is 0.0379. The number of thiocarbonyl (C=S) groups is 1. The van der Waals surface area contributed by atoms with Gasteiger partial charge in [-0.3, -0.25) is 4.98 Å². The summed E-state index contributed by atoms with van der Waals surface area (Å²) in [6.45, 7) is 8.33. The van der Waals surface area contributed by atoms with Gasteiger partial charge in [0.25, 0.3) is 0 Å². The van der Waals surface area contributed by atoms with Crippen LogP contribution in [0, 0.1) is 0 Å². The third kappa shape index (κ3) is 3.73. The van der Waals surface area contributed by atoms with E-state index in [-0.39, 0.29) is 23.7 Å². The molecular formula is C21H28N4OS. The Morgan fingerprint density at radius 1 is 1.30 bits per heavy atom. The monoisotopic (exact) mass is 384 g/mol. The van der Waals surface area contributed by atoms with Crippen LogP contribution in [0.2, 0.25) is 0 Å². The summed E-state index contributed by atoms with van der Waals surface area (Å²) >= 11 is 5.73. The van der Waals surface area contributed by atoms with Gasteiger partial charge in [-0.25, -0.2) is 0 Å². The standard InChI is InChI=1S/C21H28N4OS/c1-21(2,3)24-11-9-15(13-24)19-18(17-8-4-5-10-22-17)23-20(27)25(19)14-16-7-6-12-26-16/h4-5,8-11,13,16,18-19H,6-7,12,14H2,1-3H3,(H,23,27)/t16-,18+,19-/m0/s1. The van der Waals surface area contributed by atoms with Gasteiger partial charge in [0.15, 0.2) is 5.11 Å². The molecular weight excluding hydrogens is 356 g/mol. The van der Waals surface area contributed by atoms with E-state index in [2.05, 4.69) is 65.1 Å². The van der Waals surface area contributed by atoms with Gasteiger partial charge in [0.1, 0.15) is 0 Å². The number of rotatable bonds is 4. The summed E-state index contributed by atoms with van der Waals surface area (Å²) in [5.74, 6) is 0. The third-order valence-corrected chi connectivity index (χ3v) is 5.81. The molecule has 4 heterocycles. The molecule has 144 valence electrons. The molecule has 27 heavy (non-hydrogen) atoms. The molecule has 2 aromatic rings. The molecule has 2 aliphatic rings. The Hall–Kier alpha value is -1.92. The lowest BCUT2D eigenvalue weighted by atomic mass is 9.98. The van der Waals surface area contributed by atoms with E-state index < -0.39 is 0 Å². The molecule has 0 saturated carbocycles. The van der Waals surface area contributed by atoms with Crippen LogP contribution in [0.15, 0.2) is 42.9 Å². The predicted molar refractivity (Wildman–Crippen MR) is 111 cm³/mol. The van der Waals surface area contributed by atoms with Crippen LogP contribution >= 0.6 is 12.2 Å². The van der Waals surface area contributed by atoms with Crippen LogP contribution < -0.4 is 5.32 Å². The number of nitrogens with one attached hydrogen (secondary N) is 1. The van der Waals surface area contributed by atoms with E-state index in [1.807, 2.05) is 18.3 Å². The van der Waals surface area contributed by atoms with Crippen LogP contribution in [0.3, 0.4) is 0 Å². The molecule has 1 N–H and O–H groups in total. The number of aromatic nitrogens is 2. The minimum absolute atomic E-state index is 0.0379. The Balaban J connectivity index is 1.69. The Bertz CT molecular complexity index is 792. The first-order valence-corrected chi connectivity index (χ1v) is 10.1. The van der Waals surface area contributed by atoms with E-state index in [0.29, 0.717) is 0 Å². The highest BCUT2D eigenvalue weighted by molar-refractivity contribution is 7.80. The molecule has 0 unspecified atom stereocenters. The maximum atomic E-state index is 5.90. The van der Waals surface area contributed by atoms with Gasteiger partial charge in [-0.05, 0) is 69.6 Å². The van der Waals surface area contributed by atoms with Gasteiger partial charge in [0.05, 0.1) is 23.9 Å². The fourth-order valence-corrected chi connectivity index (χ4v) is 4.29. The van der Waals surface area contributed by atoms with E-state index in [1.165, 1.54) is 5.56 Å². The molecule has 0 amide bonds. The van der Waals surface area contributed by atoms with Crippen molar-refractivity contribution in [3.63, 3.8) is 0 Å². The van der Waals surface area contributed by atoms with E-state index in [4.69, 9.17) is 17.0 Å². The summed E-state index contributed by atoms with van der Waals surface area (Å²) in [4.78, 5) is 6.90. The molecule has 2 aliphatic heterocycles. The highest BCUT2D eigenvalue weighted by Crippen LogP contribution is 2.39. The molecule has 2 aromatic heterocycles. The summed E-state index contributed by atoms with van der Waals surface area (Å²) in [6.07, 6.45) is 8.74. The summed E-state index contributed by atoms with van der Waals surface area (Å²) in [7, 11) is 0. The lowest BCUT2D eigenvalue weighted by molar-refractivity contribution is 0.0842. The second-order valence-electron chi connectivity index (χ2n) is 8.44. The first-order chi connectivity index (χ1) is 12.9. The fourth-order valence-electron chi connectivity index (χ4n) is 3.98. The first kappa shape index (κ1) is 18.4. The maximum absolute atomic E-state index is 5.90. The molecule has 0 spiro atoms. The zero-order valence-corrected chi connectivity index (χ0v) is 17.1. The largest absolute Gasteiger partial charge is 0.376 e. The number of hydrogen-bond donors (Lipinski definition) is 1. The molecule has 4 rings (SSSR count). The second kappa shape index (κ2) is 7.24. The van der Waals surface area contributed by atoms with Crippen molar-refractivity contribution in [2.24, 2.45) is 0 Å². The van der Waals surface area contributed by atoms with Gasteiger partial charge in [-0.2, -0.15) is 0 Å². The Morgan fingerprint density at radius 3 is 2.78 bits per heavy atom. The number of nitrogens with zero attached hydrogens (tertiary/aromatic N) is 3. The van der Waals surface area contributed by atoms with Crippen molar-refractivity contribution in [2.75, 3.05) is 13.2 Å². The van der Waals surface area contributed by atoms with Crippen LogP contribution in [0.1, 0.15) is 57.0 Å². The molecule has 0 radical (unpaired) electrons. The third-order valence-electron chi connectivity index (χ3n) is 5.45. The van der Waals surface area contributed by atoms with Gasteiger partial charge < -0.3 is 19.5 Å². The molecule has 3 atom stereocenters. The van der Waals surface area contributed by atoms with Crippen LogP contribution in [0.25, 0.3) is 0 Å². The number of pyridine rings is 1. The van der Waals surface area contributed by atoms with Crippen molar-refractivity contribution >= 4 is 17.3 Å². The summed E-state index contributed by atoms with van der Waals surface area (Å²) in [6, 6.07) is 8.42. The van der Waals surface area contributed by atoms with Gasteiger partial charge >= 0.3 is 0 Å². The van der Waals surface area contributed by atoms with Crippen molar-refractivity contribution in [1.82, 2.24) is 19.8 Å². The fraction of sp³-hybridized carbons (Fsp3) is 0.524. The molecule has 2 fully saturated rings. The Morgan fingerprint density at radius 2 is 2.15 bits per heavy atom. The SMILES string of the molecule is CC(C)(C)n1ccc([C@H]2[C@@H](c3ccccn3)NC(=S)N2C[C@@H]2CCCO2)c1. The average molecular weight is 385 g/mol. The highest BCUT2D eigenvalue weighted by Gasteiger charge is 2.41. The van der Waals surface area contributed by atoms with Crippen molar-refractivity contribution in [1.29, 1.82) is 0 Å². The van der Waals surface area contributed by atoms with Gasteiger partial charge in [0.2, 0.25) is 0 Å². The second-order valence-corrected chi connectivity index (χ2v) is 8.82. The number of ether oxygens (including phenoxy) is 1. The topological polar surface area (TPSA) is 42.3 Å².